The summed E-state index contributed by atoms with van der Waals surface area (Å²) in [5.74, 6) is 3.57. The maximum atomic E-state index is 5.39. The molecule has 3 heterocycles. The summed E-state index contributed by atoms with van der Waals surface area (Å²) < 4.78 is 13.0. The SMILES string of the molecule is COc1ccc(-c2csc(Cc3nnc4n3CCCCC4)n2)cc1OC.[Br-]. The molecule has 8 heteroatoms. The first-order valence-corrected chi connectivity index (χ1v) is 9.74. The number of halogens is 1. The zero-order chi connectivity index (χ0) is 17.9. The molecule has 27 heavy (non-hydrogen) atoms. The Morgan fingerprint density at radius 2 is 1.93 bits per heavy atom. The van der Waals surface area contributed by atoms with Gasteiger partial charge in [-0.1, -0.05) is 6.42 Å². The summed E-state index contributed by atoms with van der Waals surface area (Å²) in [6, 6.07) is 5.87. The van der Waals surface area contributed by atoms with E-state index in [1.54, 1.807) is 25.6 Å². The summed E-state index contributed by atoms with van der Waals surface area (Å²) in [4.78, 5) is 4.80. The highest BCUT2D eigenvalue weighted by Gasteiger charge is 2.16. The van der Waals surface area contributed by atoms with Gasteiger partial charge in [0.1, 0.15) is 16.7 Å². The van der Waals surface area contributed by atoms with Gasteiger partial charge < -0.3 is 31.0 Å². The fourth-order valence-electron chi connectivity index (χ4n) is 3.33. The summed E-state index contributed by atoms with van der Waals surface area (Å²) in [6.07, 6.45) is 5.43. The van der Waals surface area contributed by atoms with Gasteiger partial charge in [0.25, 0.3) is 0 Å². The van der Waals surface area contributed by atoms with Crippen molar-refractivity contribution >= 4 is 11.3 Å². The van der Waals surface area contributed by atoms with Gasteiger partial charge in [0.15, 0.2) is 11.5 Å². The van der Waals surface area contributed by atoms with Crippen molar-refractivity contribution in [2.45, 2.75) is 38.6 Å². The van der Waals surface area contributed by atoms with E-state index in [0.717, 1.165) is 53.0 Å². The number of aromatic nitrogens is 4. The average molecular weight is 450 g/mol. The summed E-state index contributed by atoms with van der Waals surface area (Å²) in [5, 5.41) is 11.9. The average Bonchev–Trinajstić information content (AvgIpc) is 3.22. The van der Waals surface area contributed by atoms with E-state index in [-0.39, 0.29) is 17.0 Å². The molecule has 144 valence electrons. The number of hydrogen-bond donors (Lipinski definition) is 0. The number of rotatable bonds is 5. The molecule has 6 nitrogen and oxygen atoms in total. The highest BCUT2D eigenvalue weighted by Crippen LogP contribution is 2.33. The van der Waals surface area contributed by atoms with Crippen LogP contribution < -0.4 is 26.5 Å². The summed E-state index contributed by atoms with van der Waals surface area (Å²) in [7, 11) is 3.28. The minimum atomic E-state index is 0. The zero-order valence-corrected chi connectivity index (χ0v) is 17.8. The lowest BCUT2D eigenvalue weighted by atomic mass is 10.1. The van der Waals surface area contributed by atoms with Crippen LogP contribution in [0.4, 0.5) is 0 Å². The maximum Gasteiger partial charge on any atom is 0.161 e. The number of benzene rings is 1. The lowest BCUT2D eigenvalue weighted by Crippen LogP contribution is -3.00. The second kappa shape index (κ2) is 8.84. The number of nitrogens with zero attached hydrogens (tertiary/aromatic N) is 4. The molecular formula is C19H22BrN4O2S-. The van der Waals surface area contributed by atoms with Gasteiger partial charge in [-0.25, -0.2) is 4.98 Å². The number of methoxy groups -OCH3 is 2. The van der Waals surface area contributed by atoms with Gasteiger partial charge in [-0.15, -0.1) is 21.5 Å². The zero-order valence-electron chi connectivity index (χ0n) is 15.4. The highest BCUT2D eigenvalue weighted by molar-refractivity contribution is 7.10. The minimum absolute atomic E-state index is 0. The molecule has 1 aliphatic heterocycles. The molecule has 0 bridgehead atoms. The monoisotopic (exact) mass is 449 g/mol. The van der Waals surface area contributed by atoms with Crippen molar-refractivity contribution in [2.24, 2.45) is 0 Å². The fourth-order valence-corrected chi connectivity index (χ4v) is 4.13. The number of fused-ring (bicyclic) bond motifs is 1. The Balaban J connectivity index is 0.00000210. The second-order valence-electron chi connectivity index (χ2n) is 6.37. The molecule has 0 spiro atoms. The quantitative estimate of drug-likeness (QED) is 0.574. The van der Waals surface area contributed by atoms with Gasteiger partial charge in [-0.05, 0) is 31.0 Å². The lowest BCUT2D eigenvalue weighted by molar-refractivity contribution is -0.00000601. The second-order valence-corrected chi connectivity index (χ2v) is 7.31. The van der Waals surface area contributed by atoms with Crippen molar-refractivity contribution in [2.75, 3.05) is 14.2 Å². The summed E-state index contributed by atoms with van der Waals surface area (Å²) in [5.41, 5.74) is 1.96. The Morgan fingerprint density at radius 1 is 1.07 bits per heavy atom. The third-order valence-corrected chi connectivity index (χ3v) is 5.58. The van der Waals surface area contributed by atoms with Crippen molar-refractivity contribution in [3.8, 4) is 22.8 Å². The van der Waals surface area contributed by atoms with Gasteiger partial charge >= 0.3 is 0 Å². The van der Waals surface area contributed by atoms with Crippen molar-refractivity contribution in [3.63, 3.8) is 0 Å². The summed E-state index contributed by atoms with van der Waals surface area (Å²) >= 11 is 1.66. The molecule has 0 saturated carbocycles. The molecule has 0 saturated heterocycles. The molecule has 0 aliphatic carbocycles. The first-order valence-electron chi connectivity index (χ1n) is 8.86. The normalized spacial score (nSPS) is 13.4. The Hall–Kier alpha value is -1.93. The fraction of sp³-hybridized carbons (Fsp3) is 0.421. The molecule has 0 amide bonds. The first-order chi connectivity index (χ1) is 12.8. The Bertz CT molecular complexity index is 909. The molecule has 0 atom stereocenters. The van der Waals surface area contributed by atoms with E-state index in [0.29, 0.717) is 5.75 Å². The maximum absolute atomic E-state index is 5.39. The molecule has 1 aliphatic rings. The molecular weight excluding hydrogens is 428 g/mol. The first kappa shape index (κ1) is 19.8. The van der Waals surface area contributed by atoms with Crippen molar-refractivity contribution in [3.05, 3.63) is 40.2 Å². The van der Waals surface area contributed by atoms with Crippen LogP contribution in [0.5, 0.6) is 11.5 Å². The topological polar surface area (TPSA) is 62.1 Å². The Kier molecular flexibility index (Phi) is 6.49. The smallest absolute Gasteiger partial charge is 0.161 e. The Morgan fingerprint density at radius 3 is 2.74 bits per heavy atom. The predicted octanol–water partition coefficient (Wildman–Crippen LogP) is 0.740. The molecule has 0 unspecified atom stereocenters. The van der Waals surface area contributed by atoms with E-state index in [1.807, 2.05) is 18.2 Å². The van der Waals surface area contributed by atoms with Gasteiger partial charge in [0, 0.05) is 23.9 Å². The van der Waals surface area contributed by atoms with Gasteiger partial charge in [-0.2, -0.15) is 0 Å². The largest absolute Gasteiger partial charge is 1.00 e. The molecule has 1 aromatic carbocycles. The molecule has 0 radical (unpaired) electrons. The van der Waals surface area contributed by atoms with E-state index >= 15 is 0 Å². The Labute approximate surface area is 173 Å². The van der Waals surface area contributed by atoms with E-state index in [4.69, 9.17) is 14.5 Å². The molecule has 4 rings (SSSR count). The van der Waals surface area contributed by atoms with Crippen LogP contribution in [0.25, 0.3) is 11.3 Å². The standard InChI is InChI=1S/C19H22N4O2S.BrH/c1-24-15-8-7-13(10-16(15)25-2)14-12-26-19(20-14)11-18-22-21-17-6-4-3-5-9-23(17)18;/h7-8,10,12H,3-6,9,11H2,1-2H3;1H/p-1. The summed E-state index contributed by atoms with van der Waals surface area (Å²) in [6.45, 7) is 1.02. The third kappa shape index (κ3) is 4.16. The number of thiazole rings is 1. The minimum Gasteiger partial charge on any atom is -1.00 e. The van der Waals surface area contributed by atoms with E-state index in [2.05, 4.69) is 20.1 Å². The van der Waals surface area contributed by atoms with E-state index < -0.39 is 0 Å². The van der Waals surface area contributed by atoms with E-state index in [1.165, 1.54) is 19.3 Å². The predicted molar refractivity (Wildman–Crippen MR) is 101 cm³/mol. The van der Waals surface area contributed by atoms with Crippen molar-refractivity contribution in [1.82, 2.24) is 19.7 Å². The number of hydrogen-bond acceptors (Lipinski definition) is 6. The van der Waals surface area contributed by atoms with Crippen LogP contribution >= 0.6 is 11.3 Å². The van der Waals surface area contributed by atoms with Crippen LogP contribution in [0, 0.1) is 0 Å². The van der Waals surface area contributed by atoms with E-state index in [9.17, 15) is 0 Å². The number of ether oxygens (including phenoxy) is 2. The molecule has 2 aromatic heterocycles. The van der Waals surface area contributed by atoms with Gasteiger partial charge in [0.05, 0.1) is 26.3 Å². The third-order valence-electron chi connectivity index (χ3n) is 4.73. The van der Waals surface area contributed by atoms with Crippen molar-refractivity contribution < 1.29 is 26.5 Å². The molecule has 0 fully saturated rings. The van der Waals surface area contributed by atoms with Crippen LogP contribution in [0.1, 0.15) is 35.9 Å². The van der Waals surface area contributed by atoms with Gasteiger partial charge in [-0.3, -0.25) is 0 Å². The van der Waals surface area contributed by atoms with Gasteiger partial charge in [0.2, 0.25) is 0 Å². The highest BCUT2D eigenvalue weighted by atomic mass is 79.9. The van der Waals surface area contributed by atoms with Crippen LogP contribution in [-0.4, -0.2) is 34.0 Å². The van der Waals surface area contributed by atoms with Crippen LogP contribution in [-0.2, 0) is 19.4 Å². The molecule has 0 N–H and O–H groups in total. The van der Waals surface area contributed by atoms with Crippen molar-refractivity contribution in [1.29, 1.82) is 0 Å². The number of aryl methyl sites for hydroxylation is 1. The molecule has 3 aromatic rings. The lowest BCUT2D eigenvalue weighted by Gasteiger charge is -2.08. The van der Waals surface area contributed by atoms with Crippen LogP contribution in [0.3, 0.4) is 0 Å². The van der Waals surface area contributed by atoms with Crippen LogP contribution in [0.2, 0.25) is 0 Å². The van der Waals surface area contributed by atoms with Crippen LogP contribution in [0.15, 0.2) is 23.6 Å².